The predicted octanol–water partition coefficient (Wildman–Crippen LogP) is 4.75. The summed E-state index contributed by atoms with van der Waals surface area (Å²) in [6, 6.07) is 23.3. The van der Waals surface area contributed by atoms with E-state index in [1.54, 1.807) is 12.1 Å². The molecular formula is C19H14N2O2. The molecule has 4 heteroatoms. The summed E-state index contributed by atoms with van der Waals surface area (Å²) in [5, 5.41) is 13.4. The molecule has 0 saturated carbocycles. The Morgan fingerprint density at radius 2 is 1.43 bits per heavy atom. The summed E-state index contributed by atoms with van der Waals surface area (Å²) in [7, 11) is 0. The molecule has 0 radical (unpaired) electrons. The molecule has 0 spiro atoms. The second kappa shape index (κ2) is 5.25. The van der Waals surface area contributed by atoms with Crippen LogP contribution in [-0.4, -0.2) is 9.49 Å². The highest BCUT2D eigenvalue weighted by molar-refractivity contribution is 6.08. The van der Waals surface area contributed by atoms with E-state index in [-0.39, 0.29) is 10.6 Å². The van der Waals surface area contributed by atoms with E-state index < -0.39 is 0 Å². The van der Waals surface area contributed by atoms with Gasteiger partial charge in [0, 0.05) is 40.5 Å². The summed E-state index contributed by atoms with van der Waals surface area (Å²) in [4.78, 5) is 10.6. The van der Waals surface area contributed by atoms with Crippen molar-refractivity contribution in [2.45, 2.75) is 6.54 Å². The lowest BCUT2D eigenvalue weighted by Crippen LogP contribution is -2.00. The largest absolute Gasteiger partial charge is 0.336 e. The fourth-order valence-corrected chi connectivity index (χ4v) is 3.12. The average Bonchev–Trinajstić information content (AvgIpc) is 2.90. The molecule has 23 heavy (non-hydrogen) atoms. The number of nitro groups is 1. The number of nitro benzene ring substituents is 1. The lowest BCUT2D eigenvalue weighted by molar-refractivity contribution is -0.384. The van der Waals surface area contributed by atoms with Gasteiger partial charge in [0.25, 0.3) is 5.69 Å². The lowest BCUT2D eigenvalue weighted by atomic mass is 10.2. The zero-order chi connectivity index (χ0) is 15.8. The molecule has 0 atom stereocenters. The summed E-state index contributed by atoms with van der Waals surface area (Å²) in [6.07, 6.45) is 0. The van der Waals surface area contributed by atoms with Gasteiger partial charge in [0.2, 0.25) is 0 Å². The Labute approximate surface area is 132 Å². The van der Waals surface area contributed by atoms with Crippen LogP contribution in [0.4, 0.5) is 5.69 Å². The summed E-state index contributed by atoms with van der Waals surface area (Å²) in [6.45, 7) is 0.607. The third-order valence-corrected chi connectivity index (χ3v) is 4.14. The number of rotatable bonds is 3. The van der Waals surface area contributed by atoms with Crippen molar-refractivity contribution in [1.29, 1.82) is 0 Å². The maximum absolute atomic E-state index is 11.0. The summed E-state index contributed by atoms with van der Waals surface area (Å²) >= 11 is 0. The average molecular weight is 302 g/mol. The number of fused-ring (bicyclic) bond motifs is 3. The van der Waals surface area contributed by atoms with Crippen molar-refractivity contribution in [3.8, 4) is 0 Å². The van der Waals surface area contributed by atoms with Crippen LogP contribution < -0.4 is 0 Å². The van der Waals surface area contributed by atoms with E-state index in [1.165, 1.54) is 16.8 Å². The number of para-hydroxylation sites is 2. The molecule has 1 heterocycles. The van der Waals surface area contributed by atoms with Crippen LogP contribution in [0, 0.1) is 10.1 Å². The Morgan fingerprint density at radius 1 is 0.826 bits per heavy atom. The van der Waals surface area contributed by atoms with Crippen LogP contribution in [0.2, 0.25) is 0 Å². The van der Waals surface area contributed by atoms with Gasteiger partial charge in [0.15, 0.2) is 0 Å². The minimum absolute atomic E-state index is 0.128. The zero-order valence-corrected chi connectivity index (χ0v) is 12.3. The van der Waals surface area contributed by atoms with Crippen LogP contribution in [-0.2, 0) is 6.54 Å². The van der Waals surface area contributed by atoms with Gasteiger partial charge in [-0.3, -0.25) is 10.1 Å². The first-order valence-corrected chi connectivity index (χ1v) is 7.43. The van der Waals surface area contributed by atoms with Gasteiger partial charge in [-0.2, -0.15) is 0 Å². The van der Waals surface area contributed by atoms with E-state index >= 15 is 0 Å². The van der Waals surface area contributed by atoms with Crippen LogP contribution in [0.15, 0.2) is 72.8 Å². The lowest BCUT2D eigenvalue weighted by Gasteiger charge is -2.07. The van der Waals surface area contributed by atoms with Crippen molar-refractivity contribution in [2.24, 2.45) is 0 Å². The minimum Gasteiger partial charge on any atom is -0.336 e. The van der Waals surface area contributed by atoms with E-state index in [1.807, 2.05) is 30.3 Å². The maximum Gasteiger partial charge on any atom is 0.269 e. The Morgan fingerprint density at radius 3 is 2.04 bits per heavy atom. The molecule has 0 saturated heterocycles. The van der Waals surface area contributed by atoms with Crippen molar-refractivity contribution < 1.29 is 4.92 Å². The number of hydrogen-bond acceptors (Lipinski definition) is 2. The van der Waals surface area contributed by atoms with Crippen molar-refractivity contribution in [3.63, 3.8) is 0 Å². The summed E-state index contributed by atoms with van der Waals surface area (Å²) in [5.41, 5.74) is 3.33. The molecule has 0 N–H and O–H groups in total. The van der Waals surface area contributed by atoms with Gasteiger partial charge in [-0.15, -0.1) is 0 Å². The smallest absolute Gasteiger partial charge is 0.269 e. The summed E-state index contributed by atoms with van der Waals surface area (Å²) in [5.74, 6) is 0. The highest BCUT2D eigenvalue weighted by Gasteiger charge is 2.11. The molecule has 0 aliphatic heterocycles. The topological polar surface area (TPSA) is 48.1 Å². The van der Waals surface area contributed by atoms with Crippen LogP contribution >= 0.6 is 0 Å². The molecule has 3 aromatic carbocycles. The van der Waals surface area contributed by atoms with Gasteiger partial charge in [0.1, 0.15) is 0 Å². The standard InChI is InChI=1S/C19H14N2O2/c22-21(23)15-7-5-6-14(12-15)13-20-18-10-3-1-8-16(18)17-9-2-4-11-19(17)20/h1-12H,13H2. The van der Waals surface area contributed by atoms with E-state index in [2.05, 4.69) is 28.8 Å². The number of non-ortho nitro benzene ring substituents is 1. The van der Waals surface area contributed by atoms with Crippen LogP contribution in [0.25, 0.3) is 21.8 Å². The first-order chi connectivity index (χ1) is 11.2. The molecule has 112 valence electrons. The monoisotopic (exact) mass is 302 g/mol. The summed E-state index contributed by atoms with van der Waals surface area (Å²) < 4.78 is 2.21. The van der Waals surface area contributed by atoms with Crippen LogP contribution in [0.5, 0.6) is 0 Å². The van der Waals surface area contributed by atoms with Crippen LogP contribution in [0.1, 0.15) is 5.56 Å². The normalized spacial score (nSPS) is 11.1. The Hall–Kier alpha value is -3.14. The third-order valence-electron chi connectivity index (χ3n) is 4.14. The molecule has 4 rings (SSSR count). The van der Waals surface area contributed by atoms with Crippen molar-refractivity contribution in [1.82, 2.24) is 4.57 Å². The predicted molar refractivity (Wildman–Crippen MR) is 91.6 cm³/mol. The minimum atomic E-state index is -0.352. The second-order valence-corrected chi connectivity index (χ2v) is 5.55. The van der Waals surface area contributed by atoms with Gasteiger partial charge in [-0.05, 0) is 17.7 Å². The van der Waals surface area contributed by atoms with Crippen molar-refractivity contribution in [2.75, 3.05) is 0 Å². The number of aromatic nitrogens is 1. The van der Waals surface area contributed by atoms with Gasteiger partial charge in [-0.25, -0.2) is 0 Å². The van der Waals surface area contributed by atoms with Gasteiger partial charge in [0.05, 0.1) is 4.92 Å². The van der Waals surface area contributed by atoms with E-state index in [9.17, 15) is 10.1 Å². The molecule has 0 fully saturated rings. The Bertz CT molecular complexity index is 981. The number of nitrogens with zero attached hydrogens (tertiary/aromatic N) is 2. The zero-order valence-electron chi connectivity index (χ0n) is 12.3. The van der Waals surface area contributed by atoms with Gasteiger partial charge in [-0.1, -0.05) is 48.5 Å². The maximum atomic E-state index is 11.0. The molecular weight excluding hydrogens is 288 g/mol. The van der Waals surface area contributed by atoms with Crippen molar-refractivity contribution in [3.05, 3.63) is 88.5 Å². The number of hydrogen-bond donors (Lipinski definition) is 0. The quantitative estimate of drug-likeness (QED) is 0.405. The second-order valence-electron chi connectivity index (χ2n) is 5.55. The Kier molecular flexibility index (Phi) is 3.08. The number of benzene rings is 3. The molecule has 0 aliphatic rings. The van der Waals surface area contributed by atoms with Crippen LogP contribution in [0.3, 0.4) is 0 Å². The van der Waals surface area contributed by atoms with Gasteiger partial charge >= 0.3 is 0 Å². The molecule has 0 bridgehead atoms. The Balaban J connectivity index is 1.91. The molecule has 4 nitrogen and oxygen atoms in total. The van der Waals surface area contributed by atoms with E-state index in [0.717, 1.165) is 16.6 Å². The van der Waals surface area contributed by atoms with E-state index in [0.29, 0.717) is 6.54 Å². The molecule has 1 aromatic heterocycles. The SMILES string of the molecule is O=[N+]([O-])c1cccc(Cn2c3ccccc3c3ccccc32)c1. The fourth-order valence-electron chi connectivity index (χ4n) is 3.12. The van der Waals surface area contributed by atoms with Crippen molar-refractivity contribution >= 4 is 27.5 Å². The highest BCUT2D eigenvalue weighted by Crippen LogP contribution is 2.29. The first kappa shape index (κ1) is 13.5. The third kappa shape index (κ3) is 2.25. The molecule has 0 amide bonds. The fraction of sp³-hybridized carbons (Fsp3) is 0.0526. The molecule has 4 aromatic rings. The molecule has 0 aliphatic carbocycles. The highest BCUT2D eigenvalue weighted by atomic mass is 16.6. The van der Waals surface area contributed by atoms with Gasteiger partial charge < -0.3 is 4.57 Å². The first-order valence-electron chi connectivity index (χ1n) is 7.43. The van der Waals surface area contributed by atoms with E-state index in [4.69, 9.17) is 0 Å². The molecule has 0 unspecified atom stereocenters.